The Labute approximate surface area is 260 Å². The van der Waals surface area contributed by atoms with Crippen LogP contribution in [0.2, 0.25) is 5.02 Å². The van der Waals surface area contributed by atoms with Crippen LogP contribution >= 0.6 is 23.8 Å². The van der Waals surface area contributed by atoms with E-state index in [1.54, 1.807) is 12.4 Å². The summed E-state index contributed by atoms with van der Waals surface area (Å²) < 4.78 is 14.6. The lowest BCUT2D eigenvalue weighted by Crippen LogP contribution is -2.34. The fourth-order valence-corrected chi connectivity index (χ4v) is 6.06. The highest BCUT2D eigenvalue weighted by atomic mass is 35.5. The molecule has 1 amide bonds. The lowest BCUT2D eigenvalue weighted by atomic mass is 9.98. The van der Waals surface area contributed by atoms with Gasteiger partial charge in [-0.2, -0.15) is 0 Å². The average Bonchev–Trinajstić information content (AvgIpc) is 3.43. The number of primary amides is 1. The summed E-state index contributed by atoms with van der Waals surface area (Å²) in [5, 5.41) is 3.85. The zero-order chi connectivity index (χ0) is 30.1. The summed E-state index contributed by atoms with van der Waals surface area (Å²) in [6.45, 7) is 5.70. The molecule has 2 atom stereocenters. The molecule has 4 aromatic rings. The Hall–Kier alpha value is -3.89. The van der Waals surface area contributed by atoms with E-state index >= 15 is 0 Å². The van der Waals surface area contributed by atoms with Crippen molar-refractivity contribution in [1.29, 1.82) is 0 Å². The van der Waals surface area contributed by atoms with Crippen molar-refractivity contribution < 1.29 is 14.3 Å². The number of amides is 1. The molecular formula is C33H32ClN5O3S. The van der Waals surface area contributed by atoms with Gasteiger partial charge >= 0.3 is 0 Å². The summed E-state index contributed by atoms with van der Waals surface area (Å²) in [5.41, 5.74) is 12.1. The SMILES string of the molecule is Cc1ccc(-c2ccc3c(c2)ncn3C2=CC(O[C@H](C)c3cccc(OC4CCNCC4)c3Cl)C(=S)C(C(N)=O)=C2)cn1. The minimum atomic E-state index is -0.701. The number of rotatable bonds is 8. The van der Waals surface area contributed by atoms with Crippen molar-refractivity contribution in [1.82, 2.24) is 19.9 Å². The van der Waals surface area contributed by atoms with Crippen molar-refractivity contribution in [3.05, 3.63) is 95.1 Å². The predicted octanol–water partition coefficient (Wildman–Crippen LogP) is 5.97. The molecule has 0 spiro atoms. The van der Waals surface area contributed by atoms with E-state index in [9.17, 15) is 4.79 Å². The first-order valence-corrected chi connectivity index (χ1v) is 15.1. The number of allylic oxidation sites excluding steroid dienone is 2. The van der Waals surface area contributed by atoms with Gasteiger partial charge in [0.25, 0.3) is 0 Å². The van der Waals surface area contributed by atoms with Gasteiger partial charge in [-0.05, 0) is 81.8 Å². The summed E-state index contributed by atoms with van der Waals surface area (Å²) in [7, 11) is 0. The molecule has 1 saturated heterocycles. The maximum atomic E-state index is 12.5. The first-order valence-electron chi connectivity index (χ1n) is 14.3. The smallest absolute Gasteiger partial charge is 0.250 e. The monoisotopic (exact) mass is 613 g/mol. The third kappa shape index (κ3) is 6.12. The maximum absolute atomic E-state index is 12.5. The number of hydrogen-bond donors (Lipinski definition) is 2. The number of pyridine rings is 1. The van der Waals surface area contributed by atoms with Crippen LogP contribution < -0.4 is 15.8 Å². The average molecular weight is 614 g/mol. The molecule has 1 fully saturated rings. The fraction of sp³-hybridized carbons (Fsp3) is 0.273. The van der Waals surface area contributed by atoms with Crippen LogP contribution in [0.3, 0.4) is 0 Å². The lowest BCUT2D eigenvalue weighted by molar-refractivity contribution is -0.114. The molecule has 3 N–H and O–H groups in total. The van der Waals surface area contributed by atoms with Crippen molar-refractivity contribution in [3.8, 4) is 16.9 Å². The number of thiocarbonyl (C=S) groups is 1. The number of fused-ring (bicyclic) bond motifs is 1. The number of nitrogens with one attached hydrogen (secondary N) is 1. The highest BCUT2D eigenvalue weighted by Gasteiger charge is 2.29. The van der Waals surface area contributed by atoms with Crippen molar-refractivity contribution in [2.45, 2.75) is 45.0 Å². The van der Waals surface area contributed by atoms with Gasteiger partial charge in [-0.1, -0.05) is 48.1 Å². The second-order valence-electron chi connectivity index (χ2n) is 10.8. The summed E-state index contributed by atoms with van der Waals surface area (Å²) in [4.78, 5) is 21.8. The van der Waals surface area contributed by atoms with E-state index in [1.807, 2.05) is 79.2 Å². The van der Waals surface area contributed by atoms with Gasteiger partial charge in [0.05, 0.1) is 32.6 Å². The van der Waals surface area contributed by atoms with Gasteiger partial charge < -0.3 is 20.5 Å². The molecule has 8 nitrogen and oxygen atoms in total. The molecule has 1 aliphatic carbocycles. The summed E-state index contributed by atoms with van der Waals surface area (Å²) in [5.74, 6) is 0.0122. The van der Waals surface area contributed by atoms with Crippen LogP contribution in [-0.4, -0.2) is 50.6 Å². The van der Waals surface area contributed by atoms with Gasteiger partial charge in [-0.25, -0.2) is 4.98 Å². The Morgan fingerprint density at radius 3 is 2.67 bits per heavy atom. The van der Waals surface area contributed by atoms with Crippen molar-refractivity contribution in [3.63, 3.8) is 0 Å². The number of piperidine rings is 1. The second-order valence-corrected chi connectivity index (χ2v) is 11.6. The number of hydrogen-bond acceptors (Lipinski definition) is 7. The van der Waals surface area contributed by atoms with Crippen LogP contribution in [0.1, 0.15) is 37.1 Å². The Kier molecular flexibility index (Phi) is 8.41. The normalized spacial score (nSPS) is 18.3. The standard InChI is InChI=1S/C33H32ClN5O3S/c1-19-6-7-22(17-37-19)21-8-9-28-27(14-21)38-18-39(28)23-15-26(33(35)40)32(43)30(16-23)41-20(2)25-4-3-5-29(31(25)34)42-24-10-12-36-13-11-24/h3-9,14-18,20,24,30,36H,10-13H2,1-2H3,(H2,35,40)/t20-,30?/m1/s1. The molecule has 1 aliphatic heterocycles. The van der Waals surface area contributed by atoms with Crippen LogP contribution in [0.4, 0.5) is 0 Å². The molecule has 3 heterocycles. The number of imidazole rings is 1. The number of nitrogens with zero attached hydrogens (tertiary/aromatic N) is 3. The molecule has 6 rings (SSSR count). The van der Waals surface area contributed by atoms with Gasteiger partial charge in [-0.15, -0.1) is 0 Å². The Bertz CT molecular complexity index is 1760. The maximum Gasteiger partial charge on any atom is 0.250 e. The van der Waals surface area contributed by atoms with Crippen LogP contribution in [0.15, 0.2) is 78.8 Å². The summed E-state index contributed by atoms with van der Waals surface area (Å²) in [6, 6.07) is 15.8. The lowest BCUT2D eigenvalue weighted by Gasteiger charge is -2.27. The van der Waals surface area contributed by atoms with Gasteiger partial charge in [0.2, 0.25) is 5.91 Å². The summed E-state index contributed by atoms with van der Waals surface area (Å²) in [6.07, 6.45) is 7.94. The quantitative estimate of drug-likeness (QED) is 0.236. The van der Waals surface area contributed by atoms with E-state index in [1.165, 1.54) is 0 Å². The minimum Gasteiger partial charge on any atom is -0.489 e. The number of aromatic nitrogens is 3. The van der Waals surface area contributed by atoms with Gasteiger partial charge in [-0.3, -0.25) is 14.3 Å². The number of nitrogens with two attached hydrogens (primary N) is 1. The molecule has 1 unspecified atom stereocenters. The zero-order valence-electron chi connectivity index (χ0n) is 23.9. The van der Waals surface area contributed by atoms with Gasteiger partial charge in [0.1, 0.15) is 24.3 Å². The molecule has 2 aliphatic rings. The van der Waals surface area contributed by atoms with E-state index in [0.29, 0.717) is 21.3 Å². The van der Waals surface area contributed by atoms with Crippen LogP contribution in [-0.2, 0) is 9.53 Å². The molecule has 2 aromatic heterocycles. The number of carbonyl (C=O) groups excluding carboxylic acids is 1. The number of halogens is 1. The zero-order valence-corrected chi connectivity index (χ0v) is 25.5. The molecule has 220 valence electrons. The highest BCUT2D eigenvalue weighted by Crippen LogP contribution is 2.36. The van der Waals surface area contributed by atoms with Crippen LogP contribution in [0.25, 0.3) is 27.9 Å². The van der Waals surface area contributed by atoms with Crippen molar-refractivity contribution in [2.75, 3.05) is 13.1 Å². The van der Waals surface area contributed by atoms with Crippen LogP contribution in [0.5, 0.6) is 5.75 Å². The molecule has 43 heavy (non-hydrogen) atoms. The minimum absolute atomic E-state index is 0.111. The topological polar surface area (TPSA) is 104 Å². The predicted molar refractivity (Wildman–Crippen MR) is 173 cm³/mol. The highest BCUT2D eigenvalue weighted by molar-refractivity contribution is 7.81. The molecule has 0 radical (unpaired) electrons. The van der Waals surface area contributed by atoms with Crippen molar-refractivity contribution >= 4 is 51.3 Å². The Morgan fingerprint density at radius 1 is 1.14 bits per heavy atom. The molecule has 0 saturated carbocycles. The first-order chi connectivity index (χ1) is 20.8. The second kappa shape index (κ2) is 12.4. The molecule has 10 heteroatoms. The molecule has 0 bridgehead atoms. The number of carbonyl (C=O) groups is 1. The third-order valence-corrected chi connectivity index (χ3v) is 8.69. The molecular weight excluding hydrogens is 582 g/mol. The fourth-order valence-electron chi connectivity index (χ4n) is 5.45. The first kappa shape index (κ1) is 29.2. The number of ether oxygens (including phenoxy) is 2. The van der Waals surface area contributed by atoms with Gasteiger partial charge in [0.15, 0.2) is 0 Å². The largest absolute Gasteiger partial charge is 0.489 e. The van der Waals surface area contributed by atoms with Crippen molar-refractivity contribution in [2.24, 2.45) is 5.73 Å². The number of aryl methyl sites for hydroxylation is 1. The Morgan fingerprint density at radius 2 is 1.93 bits per heavy atom. The number of benzene rings is 2. The van der Waals surface area contributed by atoms with E-state index in [4.69, 9.17) is 39.0 Å². The van der Waals surface area contributed by atoms with E-state index < -0.39 is 18.1 Å². The van der Waals surface area contributed by atoms with E-state index in [-0.39, 0.29) is 11.7 Å². The van der Waals surface area contributed by atoms with E-state index in [0.717, 1.165) is 59.3 Å². The van der Waals surface area contributed by atoms with Crippen LogP contribution in [0, 0.1) is 6.92 Å². The van der Waals surface area contributed by atoms with Gasteiger partial charge in [0, 0.05) is 28.7 Å². The molecule has 2 aromatic carbocycles. The summed E-state index contributed by atoms with van der Waals surface area (Å²) >= 11 is 12.5. The third-order valence-electron chi connectivity index (χ3n) is 7.84. The Balaban J connectivity index is 1.28. The van der Waals surface area contributed by atoms with E-state index in [2.05, 4.69) is 15.3 Å².